The average Bonchev–Trinajstić information content (AvgIpc) is 2.30. The minimum Gasteiger partial charge on any atom is -0.355 e. The lowest BCUT2D eigenvalue weighted by molar-refractivity contribution is -0.123. The van der Waals surface area contributed by atoms with Gasteiger partial charge in [0.1, 0.15) is 11.6 Å². The fraction of sp³-hybridized carbons (Fsp3) is 0.833. The van der Waals surface area contributed by atoms with Gasteiger partial charge in [-0.1, -0.05) is 6.92 Å². The van der Waals surface area contributed by atoms with Gasteiger partial charge in [-0.25, -0.2) is 0 Å². The molecule has 0 spiro atoms. The van der Waals surface area contributed by atoms with E-state index in [4.69, 9.17) is 5.84 Å². The van der Waals surface area contributed by atoms with Gasteiger partial charge < -0.3 is 10.7 Å². The van der Waals surface area contributed by atoms with E-state index in [0.717, 1.165) is 44.5 Å². The molecule has 0 radical (unpaired) electrons. The maximum atomic E-state index is 11.6. The number of hydrogen-bond donors (Lipinski definition) is 1. The number of fused-ring (bicyclic) bond motifs is 1. The summed E-state index contributed by atoms with van der Waals surface area (Å²) in [7, 11) is 0. The second-order valence-electron chi connectivity index (χ2n) is 4.89. The predicted molar refractivity (Wildman–Crippen MR) is 64.0 cm³/mol. The Bertz CT molecular complexity index is 301. The Hall–Kier alpha value is -1.06. The number of carbonyl (C=O) groups is 1. The van der Waals surface area contributed by atoms with Crippen LogP contribution in [-0.4, -0.2) is 29.1 Å². The molecule has 1 heterocycles. The fourth-order valence-electron chi connectivity index (χ4n) is 3.07. The number of nitrogens with zero attached hydrogens (tertiary/aromatic N) is 2. The van der Waals surface area contributed by atoms with Crippen LogP contribution in [0.1, 0.15) is 45.4 Å². The Labute approximate surface area is 96.9 Å². The van der Waals surface area contributed by atoms with Crippen LogP contribution >= 0.6 is 0 Å². The average molecular weight is 223 g/mol. The minimum absolute atomic E-state index is 0.372. The summed E-state index contributed by atoms with van der Waals surface area (Å²) in [5.74, 6) is 7.52. The fourth-order valence-corrected chi connectivity index (χ4v) is 3.07. The number of likely N-dealkylation sites (tertiary alicyclic amines) is 1. The van der Waals surface area contributed by atoms with Crippen molar-refractivity contribution < 1.29 is 4.79 Å². The van der Waals surface area contributed by atoms with Crippen molar-refractivity contribution in [2.45, 2.75) is 51.5 Å². The van der Waals surface area contributed by atoms with Crippen molar-refractivity contribution in [1.29, 1.82) is 0 Å². The number of nitrogens with two attached hydrogens (primary N) is 1. The van der Waals surface area contributed by atoms with E-state index >= 15 is 0 Å². The van der Waals surface area contributed by atoms with E-state index in [1.807, 2.05) is 0 Å². The summed E-state index contributed by atoms with van der Waals surface area (Å²) < 4.78 is 0. The summed E-state index contributed by atoms with van der Waals surface area (Å²) in [6.45, 7) is 3.13. The summed E-state index contributed by atoms with van der Waals surface area (Å²) in [5.41, 5.74) is 0. The molecule has 4 nitrogen and oxygen atoms in total. The van der Waals surface area contributed by atoms with E-state index in [2.05, 4.69) is 16.9 Å². The molecule has 4 heteroatoms. The molecule has 2 atom stereocenters. The SMILES string of the molecule is CCCN1C(=NN)CCC2CCC(=O)CC21. The molecule has 2 N–H and O–H groups in total. The van der Waals surface area contributed by atoms with E-state index < -0.39 is 0 Å². The number of rotatable bonds is 2. The normalized spacial score (nSPS) is 32.9. The van der Waals surface area contributed by atoms with Gasteiger partial charge in [-0.3, -0.25) is 4.79 Å². The van der Waals surface area contributed by atoms with Crippen LogP contribution in [0.25, 0.3) is 0 Å². The second-order valence-corrected chi connectivity index (χ2v) is 4.89. The standard InChI is InChI=1S/C12H21N3O/c1-2-7-15-11-8-10(16)5-3-9(11)4-6-12(15)14-13/h9,11H,2-8,13H2,1H3. The van der Waals surface area contributed by atoms with Crippen LogP contribution in [0.5, 0.6) is 0 Å². The van der Waals surface area contributed by atoms with Gasteiger partial charge in [0.2, 0.25) is 0 Å². The Morgan fingerprint density at radius 1 is 1.44 bits per heavy atom. The third-order valence-electron chi connectivity index (χ3n) is 3.86. The quantitative estimate of drug-likeness (QED) is 0.570. The molecule has 1 saturated heterocycles. The molecule has 0 amide bonds. The van der Waals surface area contributed by atoms with Crippen LogP contribution in [0.4, 0.5) is 0 Å². The van der Waals surface area contributed by atoms with Gasteiger partial charge in [0, 0.05) is 31.8 Å². The van der Waals surface area contributed by atoms with Crippen molar-refractivity contribution in [1.82, 2.24) is 4.90 Å². The molecule has 1 aliphatic heterocycles. The zero-order valence-electron chi connectivity index (χ0n) is 9.98. The number of piperidine rings is 1. The molecule has 2 rings (SSSR count). The van der Waals surface area contributed by atoms with Crippen LogP contribution in [0.15, 0.2) is 5.10 Å². The predicted octanol–water partition coefficient (Wildman–Crippen LogP) is 1.50. The van der Waals surface area contributed by atoms with Crippen molar-refractivity contribution >= 4 is 11.6 Å². The van der Waals surface area contributed by atoms with Crippen molar-refractivity contribution in [3.8, 4) is 0 Å². The maximum absolute atomic E-state index is 11.6. The molecule has 2 fully saturated rings. The molecule has 1 aliphatic carbocycles. The number of amidine groups is 1. The largest absolute Gasteiger partial charge is 0.355 e. The smallest absolute Gasteiger partial charge is 0.134 e. The van der Waals surface area contributed by atoms with Crippen LogP contribution in [-0.2, 0) is 4.79 Å². The Kier molecular flexibility index (Phi) is 3.46. The number of carbonyl (C=O) groups excluding carboxylic acids is 1. The first-order chi connectivity index (χ1) is 7.76. The first-order valence-corrected chi connectivity index (χ1v) is 6.31. The summed E-state index contributed by atoms with van der Waals surface area (Å²) in [4.78, 5) is 13.8. The van der Waals surface area contributed by atoms with Gasteiger partial charge in [-0.2, -0.15) is 5.10 Å². The number of Topliss-reactive ketones (excluding diaryl/α,β-unsaturated/α-hetero) is 1. The highest BCUT2D eigenvalue weighted by molar-refractivity contribution is 5.86. The van der Waals surface area contributed by atoms with E-state index in [1.165, 1.54) is 0 Å². The third kappa shape index (κ3) is 2.06. The van der Waals surface area contributed by atoms with Gasteiger partial charge in [-0.05, 0) is 25.2 Å². The van der Waals surface area contributed by atoms with Gasteiger partial charge in [0.05, 0.1) is 0 Å². The monoisotopic (exact) mass is 223 g/mol. The minimum atomic E-state index is 0.372. The Balaban J connectivity index is 2.15. The van der Waals surface area contributed by atoms with Crippen molar-refractivity contribution in [2.24, 2.45) is 16.9 Å². The summed E-state index contributed by atoms with van der Waals surface area (Å²) in [6, 6.07) is 0.372. The molecule has 0 bridgehead atoms. The highest BCUT2D eigenvalue weighted by atomic mass is 16.1. The van der Waals surface area contributed by atoms with E-state index in [1.54, 1.807) is 0 Å². The van der Waals surface area contributed by atoms with Gasteiger partial charge in [-0.15, -0.1) is 0 Å². The first kappa shape index (κ1) is 11.4. The molecule has 2 unspecified atom stereocenters. The highest BCUT2D eigenvalue weighted by Gasteiger charge is 2.38. The first-order valence-electron chi connectivity index (χ1n) is 6.31. The van der Waals surface area contributed by atoms with Gasteiger partial charge in [0.15, 0.2) is 0 Å². The highest BCUT2D eigenvalue weighted by Crippen LogP contribution is 2.34. The van der Waals surface area contributed by atoms with E-state index in [0.29, 0.717) is 24.2 Å². The molecular weight excluding hydrogens is 202 g/mol. The topological polar surface area (TPSA) is 58.7 Å². The summed E-state index contributed by atoms with van der Waals surface area (Å²) in [6.07, 6.45) is 5.73. The van der Waals surface area contributed by atoms with Crippen molar-refractivity contribution in [3.05, 3.63) is 0 Å². The molecular formula is C12H21N3O. The molecule has 1 saturated carbocycles. The molecule has 0 aromatic carbocycles. The van der Waals surface area contributed by atoms with E-state index in [-0.39, 0.29) is 0 Å². The molecule has 0 aromatic rings. The maximum Gasteiger partial charge on any atom is 0.134 e. The molecule has 16 heavy (non-hydrogen) atoms. The Morgan fingerprint density at radius 3 is 2.88 bits per heavy atom. The van der Waals surface area contributed by atoms with Crippen molar-refractivity contribution in [2.75, 3.05) is 6.54 Å². The zero-order chi connectivity index (χ0) is 11.5. The number of hydrazone groups is 1. The third-order valence-corrected chi connectivity index (χ3v) is 3.86. The summed E-state index contributed by atoms with van der Waals surface area (Å²) in [5, 5.41) is 3.89. The second kappa shape index (κ2) is 4.85. The van der Waals surface area contributed by atoms with Crippen molar-refractivity contribution in [3.63, 3.8) is 0 Å². The number of ketones is 1. The zero-order valence-corrected chi connectivity index (χ0v) is 9.98. The van der Waals surface area contributed by atoms with E-state index in [9.17, 15) is 4.79 Å². The van der Waals surface area contributed by atoms with Gasteiger partial charge >= 0.3 is 0 Å². The molecule has 0 aromatic heterocycles. The summed E-state index contributed by atoms with van der Waals surface area (Å²) >= 11 is 0. The van der Waals surface area contributed by atoms with Crippen LogP contribution < -0.4 is 5.84 Å². The number of hydrogen-bond acceptors (Lipinski definition) is 3. The lowest BCUT2D eigenvalue weighted by atomic mass is 9.77. The molecule has 90 valence electrons. The van der Waals surface area contributed by atoms with Crippen LogP contribution in [0.3, 0.4) is 0 Å². The lowest BCUT2D eigenvalue weighted by Crippen LogP contribution is -2.51. The lowest BCUT2D eigenvalue weighted by Gasteiger charge is -2.45. The molecule has 2 aliphatic rings. The van der Waals surface area contributed by atoms with Gasteiger partial charge in [0.25, 0.3) is 0 Å². The Morgan fingerprint density at radius 2 is 2.19 bits per heavy atom. The van der Waals surface area contributed by atoms with Crippen LogP contribution in [0.2, 0.25) is 0 Å². The van der Waals surface area contributed by atoms with Crippen LogP contribution in [0, 0.1) is 5.92 Å².